The van der Waals surface area contributed by atoms with Gasteiger partial charge in [0.25, 0.3) is 0 Å². The zero-order valence-electron chi connectivity index (χ0n) is 10.9. The van der Waals surface area contributed by atoms with Crippen LogP contribution in [0.5, 0.6) is 0 Å². The van der Waals surface area contributed by atoms with Crippen LogP contribution in [0.2, 0.25) is 0 Å². The molecule has 4 unspecified atom stereocenters. The first-order valence-corrected chi connectivity index (χ1v) is 6.75. The molecule has 17 heavy (non-hydrogen) atoms. The number of ether oxygens (including phenoxy) is 1. The number of nitrogens with zero attached hydrogens (tertiary/aromatic N) is 1. The topological polar surface area (TPSA) is 55.6 Å². The van der Waals surface area contributed by atoms with Crippen molar-refractivity contribution < 1.29 is 9.53 Å². The molecule has 1 saturated heterocycles. The Morgan fingerprint density at radius 2 is 2.24 bits per heavy atom. The lowest BCUT2D eigenvalue weighted by molar-refractivity contribution is -0.144. The van der Waals surface area contributed by atoms with Gasteiger partial charge in [0.2, 0.25) is 5.91 Å². The molecule has 2 N–H and O–H groups in total. The summed E-state index contributed by atoms with van der Waals surface area (Å²) >= 11 is 0. The highest BCUT2D eigenvalue weighted by atomic mass is 16.5. The standard InChI is InChI=1S/C13H24N2O2/c1-9-4-3-5-11(9)13(16)15-6-7-17-12(8-15)10(2)14/h9-12H,3-8,14H2,1-2H3. The molecule has 0 bridgehead atoms. The molecule has 0 spiro atoms. The van der Waals surface area contributed by atoms with Gasteiger partial charge in [0, 0.05) is 25.0 Å². The van der Waals surface area contributed by atoms with Gasteiger partial charge in [0.15, 0.2) is 0 Å². The van der Waals surface area contributed by atoms with Crippen molar-refractivity contribution in [2.75, 3.05) is 19.7 Å². The fraction of sp³-hybridized carbons (Fsp3) is 0.923. The molecule has 1 aliphatic carbocycles. The smallest absolute Gasteiger partial charge is 0.226 e. The van der Waals surface area contributed by atoms with Crippen molar-refractivity contribution in [2.45, 2.75) is 45.3 Å². The van der Waals surface area contributed by atoms with Crippen LogP contribution in [0.25, 0.3) is 0 Å². The molecule has 98 valence electrons. The molecular formula is C13H24N2O2. The van der Waals surface area contributed by atoms with Gasteiger partial charge in [-0.1, -0.05) is 13.3 Å². The number of nitrogens with two attached hydrogens (primary N) is 1. The Morgan fingerprint density at radius 1 is 1.47 bits per heavy atom. The minimum Gasteiger partial charge on any atom is -0.373 e. The molecule has 2 fully saturated rings. The van der Waals surface area contributed by atoms with E-state index in [1.807, 2.05) is 11.8 Å². The lowest BCUT2D eigenvalue weighted by atomic mass is 9.96. The predicted molar refractivity (Wildman–Crippen MR) is 66.5 cm³/mol. The summed E-state index contributed by atoms with van der Waals surface area (Å²) in [4.78, 5) is 14.4. The summed E-state index contributed by atoms with van der Waals surface area (Å²) in [5.41, 5.74) is 5.85. The van der Waals surface area contributed by atoms with Crippen LogP contribution in [0.4, 0.5) is 0 Å². The SMILES string of the molecule is CC(N)C1CN(C(=O)C2CCCC2C)CCO1. The summed E-state index contributed by atoms with van der Waals surface area (Å²) in [5.74, 6) is 1.10. The van der Waals surface area contributed by atoms with Gasteiger partial charge in [-0.25, -0.2) is 0 Å². The zero-order valence-corrected chi connectivity index (χ0v) is 10.9. The summed E-state index contributed by atoms with van der Waals surface area (Å²) < 4.78 is 5.59. The van der Waals surface area contributed by atoms with Gasteiger partial charge in [0.05, 0.1) is 12.7 Å². The second-order valence-corrected chi connectivity index (χ2v) is 5.57. The second kappa shape index (κ2) is 5.36. The number of hydrogen-bond acceptors (Lipinski definition) is 3. The monoisotopic (exact) mass is 240 g/mol. The first-order valence-electron chi connectivity index (χ1n) is 6.75. The van der Waals surface area contributed by atoms with Gasteiger partial charge in [-0.3, -0.25) is 4.79 Å². The van der Waals surface area contributed by atoms with Crippen molar-refractivity contribution in [1.82, 2.24) is 4.90 Å². The molecule has 1 aliphatic heterocycles. The van der Waals surface area contributed by atoms with E-state index in [9.17, 15) is 4.79 Å². The van der Waals surface area contributed by atoms with Gasteiger partial charge in [0.1, 0.15) is 0 Å². The van der Waals surface area contributed by atoms with Crippen LogP contribution in [0, 0.1) is 11.8 Å². The van der Waals surface area contributed by atoms with E-state index in [1.165, 1.54) is 12.8 Å². The summed E-state index contributed by atoms with van der Waals surface area (Å²) in [6, 6.07) is -0.00778. The maximum Gasteiger partial charge on any atom is 0.226 e. The van der Waals surface area contributed by atoms with Crippen LogP contribution in [0.3, 0.4) is 0 Å². The predicted octanol–water partition coefficient (Wildman–Crippen LogP) is 0.997. The molecule has 4 heteroatoms. The molecule has 1 saturated carbocycles. The van der Waals surface area contributed by atoms with Crippen molar-refractivity contribution in [3.63, 3.8) is 0 Å². The first kappa shape index (κ1) is 12.8. The maximum absolute atomic E-state index is 12.4. The van der Waals surface area contributed by atoms with Crippen molar-refractivity contribution in [2.24, 2.45) is 17.6 Å². The lowest BCUT2D eigenvalue weighted by Crippen LogP contribution is -2.52. The van der Waals surface area contributed by atoms with Crippen LogP contribution < -0.4 is 5.73 Å². The van der Waals surface area contributed by atoms with Crippen LogP contribution in [-0.4, -0.2) is 42.6 Å². The Hall–Kier alpha value is -0.610. The summed E-state index contributed by atoms with van der Waals surface area (Å²) in [7, 11) is 0. The summed E-state index contributed by atoms with van der Waals surface area (Å²) in [6.07, 6.45) is 3.44. The average molecular weight is 240 g/mol. The number of amides is 1. The van der Waals surface area contributed by atoms with Crippen molar-refractivity contribution in [1.29, 1.82) is 0 Å². The van der Waals surface area contributed by atoms with Crippen molar-refractivity contribution >= 4 is 5.91 Å². The van der Waals surface area contributed by atoms with Crippen molar-refractivity contribution in [3.05, 3.63) is 0 Å². The van der Waals surface area contributed by atoms with Gasteiger partial charge in [-0.2, -0.15) is 0 Å². The Bertz CT molecular complexity index is 281. The Labute approximate surface area is 103 Å². The lowest BCUT2D eigenvalue weighted by Gasteiger charge is -2.36. The normalized spacial score (nSPS) is 35.9. The molecule has 0 aromatic rings. The number of carbonyl (C=O) groups excluding carboxylic acids is 1. The molecule has 1 heterocycles. The number of hydrogen-bond donors (Lipinski definition) is 1. The van der Waals surface area contributed by atoms with E-state index in [-0.39, 0.29) is 18.1 Å². The number of morpholine rings is 1. The molecule has 0 radical (unpaired) electrons. The van der Waals surface area contributed by atoms with Gasteiger partial charge < -0.3 is 15.4 Å². The van der Waals surface area contributed by atoms with E-state index < -0.39 is 0 Å². The van der Waals surface area contributed by atoms with E-state index in [0.29, 0.717) is 25.0 Å². The van der Waals surface area contributed by atoms with E-state index in [4.69, 9.17) is 10.5 Å². The van der Waals surface area contributed by atoms with E-state index >= 15 is 0 Å². The Morgan fingerprint density at radius 3 is 2.82 bits per heavy atom. The Balaban J connectivity index is 1.94. The third-order valence-corrected chi connectivity index (χ3v) is 4.17. The minimum absolute atomic E-state index is 0.00408. The number of rotatable bonds is 2. The third kappa shape index (κ3) is 2.80. The van der Waals surface area contributed by atoms with Gasteiger partial charge in [-0.15, -0.1) is 0 Å². The minimum atomic E-state index is -0.00778. The van der Waals surface area contributed by atoms with E-state index in [1.54, 1.807) is 0 Å². The molecule has 2 aliphatic rings. The van der Waals surface area contributed by atoms with Gasteiger partial charge >= 0.3 is 0 Å². The zero-order chi connectivity index (χ0) is 12.4. The van der Waals surface area contributed by atoms with Gasteiger partial charge in [-0.05, 0) is 25.7 Å². The molecule has 4 nitrogen and oxygen atoms in total. The van der Waals surface area contributed by atoms with E-state index in [2.05, 4.69) is 6.92 Å². The average Bonchev–Trinajstić information content (AvgIpc) is 2.74. The van der Waals surface area contributed by atoms with Crippen LogP contribution in [-0.2, 0) is 9.53 Å². The Kier molecular flexibility index (Phi) is 4.05. The molecule has 2 rings (SSSR count). The molecule has 1 amide bonds. The highest BCUT2D eigenvalue weighted by Crippen LogP contribution is 2.32. The van der Waals surface area contributed by atoms with E-state index in [0.717, 1.165) is 13.0 Å². The summed E-state index contributed by atoms with van der Waals surface area (Å²) in [5, 5.41) is 0. The largest absolute Gasteiger partial charge is 0.373 e. The highest BCUT2D eigenvalue weighted by molar-refractivity contribution is 5.79. The fourth-order valence-electron chi connectivity index (χ4n) is 2.94. The second-order valence-electron chi connectivity index (χ2n) is 5.57. The third-order valence-electron chi connectivity index (χ3n) is 4.17. The first-order chi connectivity index (χ1) is 8.09. The summed E-state index contributed by atoms with van der Waals surface area (Å²) in [6.45, 7) is 6.15. The molecular weight excluding hydrogens is 216 g/mol. The van der Waals surface area contributed by atoms with Crippen LogP contribution in [0.15, 0.2) is 0 Å². The highest BCUT2D eigenvalue weighted by Gasteiger charge is 2.35. The van der Waals surface area contributed by atoms with Crippen LogP contribution >= 0.6 is 0 Å². The number of carbonyl (C=O) groups is 1. The van der Waals surface area contributed by atoms with Crippen molar-refractivity contribution in [3.8, 4) is 0 Å². The van der Waals surface area contributed by atoms with Crippen LogP contribution in [0.1, 0.15) is 33.1 Å². The molecule has 0 aromatic heterocycles. The quantitative estimate of drug-likeness (QED) is 0.783. The maximum atomic E-state index is 12.4. The molecule has 4 atom stereocenters. The molecule has 0 aromatic carbocycles. The fourth-order valence-corrected chi connectivity index (χ4v) is 2.94.